The molecule has 6 atom stereocenters. The van der Waals surface area contributed by atoms with Gasteiger partial charge in [0.1, 0.15) is 36.4 Å². The predicted molar refractivity (Wildman–Crippen MR) is 146 cm³/mol. The number of nitrogens with zero attached hydrogens (tertiary/aromatic N) is 1. The Morgan fingerprint density at radius 2 is 1.79 bits per heavy atom. The van der Waals surface area contributed by atoms with E-state index in [1.54, 1.807) is 11.1 Å². The summed E-state index contributed by atoms with van der Waals surface area (Å²) in [5, 5.41) is 22.7. The maximum atomic E-state index is 13.9. The van der Waals surface area contributed by atoms with Gasteiger partial charge < -0.3 is 34.5 Å². The van der Waals surface area contributed by atoms with Crippen molar-refractivity contribution < 1.29 is 43.6 Å². The van der Waals surface area contributed by atoms with Crippen molar-refractivity contribution in [3.8, 4) is 0 Å². The minimum absolute atomic E-state index is 0.0570. The van der Waals surface area contributed by atoms with Crippen molar-refractivity contribution in [3.63, 3.8) is 0 Å². The topological polar surface area (TPSA) is 136 Å². The molecule has 2 aliphatic carbocycles. The lowest BCUT2D eigenvalue weighted by Crippen LogP contribution is -2.69. The van der Waals surface area contributed by atoms with E-state index in [4.69, 9.17) is 28.9 Å². The number of hydrogen-bond donors (Lipinski definition) is 3. The number of nitrogens with one attached hydrogen (secondary N) is 1. The number of hydrogen-bond acceptors (Lipinski definition) is 10. The van der Waals surface area contributed by atoms with E-state index in [2.05, 4.69) is 17.4 Å². The van der Waals surface area contributed by atoms with Crippen LogP contribution in [0.2, 0.25) is 0 Å². The van der Waals surface area contributed by atoms with Crippen LogP contribution in [0.3, 0.4) is 0 Å². The molecular weight excluding hydrogens is 544 g/mol. The van der Waals surface area contributed by atoms with Crippen LogP contribution in [-0.4, -0.2) is 89.8 Å². The van der Waals surface area contributed by atoms with Crippen molar-refractivity contribution in [3.05, 3.63) is 77.0 Å². The van der Waals surface area contributed by atoms with Gasteiger partial charge in [-0.1, -0.05) is 48.5 Å². The zero-order valence-corrected chi connectivity index (χ0v) is 23.0. The molecule has 5 aliphatic rings. The standard InChI is InChI=1S/C31H34N2O9/c34-11-10-32-29(37)31-17-23-24-25(41-30(40-24)15-21-3-1-2-4-22(21)16-30)27(31)42-33(26(31)28(36)39-23)18-20-7-5-19(6-8-20)9-13-38-14-12-35/h1-9,13,23-27,34-35H,10-12,14-18H2,(H,32,37). The number of esters is 1. The van der Waals surface area contributed by atoms with Gasteiger partial charge in [0, 0.05) is 25.8 Å². The van der Waals surface area contributed by atoms with Crippen molar-refractivity contribution in [1.82, 2.24) is 10.4 Å². The van der Waals surface area contributed by atoms with Crippen LogP contribution in [-0.2, 0) is 52.8 Å². The fraction of sp³-hybridized carbons (Fsp3) is 0.484. The van der Waals surface area contributed by atoms with Gasteiger partial charge >= 0.3 is 5.97 Å². The van der Waals surface area contributed by atoms with Crippen LogP contribution < -0.4 is 5.32 Å². The third-order valence-electron chi connectivity index (χ3n) is 8.99. The molecule has 2 aromatic carbocycles. The Balaban J connectivity index is 1.18. The Morgan fingerprint density at radius 1 is 1.05 bits per heavy atom. The molecule has 6 unspecified atom stereocenters. The van der Waals surface area contributed by atoms with E-state index in [-0.39, 0.29) is 45.2 Å². The summed E-state index contributed by atoms with van der Waals surface area (Å²) in [5.41, 5.74) is 2.79. The number of carbonyl (C=O) groups excluding carboxylic acids is 2. The lowest BCUT2D eigenvalue weighted by molar-refractivity contribution is -0.217. The second-order valence-electron chi connectivity index (χ2n) is 11.5. The summed E-state index contributed by atoms with van der Waals surface area (Å²) in [6.45, 7) is 0.224. The zero-order valence-electron chi connectivity index (χ0n) is 23.0. The van der Waals surface area contributed by atoms with E-state index >= 15 is 0 Å². The Morgan fingerprint density at radius 3 is 2.50 bits per heavy atom. The molecule has 11 nitrogen and oxygen atoms in total. The minimum atomic E-state index is -1.27. The summed E-state index contributed by atoms with van der Waals surface area (Å²) < 4.78 is 24.5. The highest BCUT2D eigenvalue weighted by atomic mass is 16.8. The van der Waals surface area contributed by atoms with E-state index in [1.165, 1.54) is 6.26 Å². The maximum Gasteiger partial charge on any atom is 0.327 e. The first-order chi connectivity index (χ1) is 20.5. The van der Waals surface area contributed by atoms with Gasteiger partial charge in [0.25, 0.3) is 0 Å². The average Bonchev–Trinajstić information content (AvgIpc) is 3.66. The van der Waals surface area contributed by atoms with E-state index in [1.807, 2.05) is 36.4 Å². The van der Waals surface area contributed by atoms with Crippen LogP contribution in [0.5, 0.6) is 0 Å². The highest BCUT2D eigenvalue weighted by Crippen LogP contribution is 2.58. The summed E-state index contributed by atoms with van der Waals surface area (Å²) >= 11 is 0. The number of amides is 1. The molecule has 3 N–H and O–H groups in total. The van der Waals surface area contributed by atoms with Gasteiger partial charge in [-0.25, -0.2) is 0 Å². The van der Waals surface area contributed by atoms with E-state index in [0.717, 1.165) is 22.3 Å². The summed E-state index contributed by atoms with van der Waals surface area (Å²) in [6.07, 6.45) is 2.00. The number of ether oxygens (including phenoxy) is 4. The third-order valence-corrected chi connectivity index (χ3v) is 8.99. The SMILES string of the molecule is O=C1OC2CC3(C(=O)NCCO)C(ON(Cc4ccc(C=COCCO)cc4)C13)C1OC3(Cc4ccccc4C3)OC21. The Bertz CT molecular complexity index is 1360. The molecule has 3 heterocycles. The van der Waals surface area contributed by atoms with Crippen molar-refractivity contribution in [1.29, 1.82) is 0 Å². The molecule has 3 aliphatic heterocycles. The molecule has 1 amide bonds. The summed E-state index contributed by atoms with van der Waals surface area (Å²) in [7, 11) is 0. The van der Waals surface area contributed by atoms with Gasteiger partial charge in [-0.15, -0.1) is 0 Å². The molecule has 4 fully saturated rings. The van der Waals surface area contributed by atoms with E-state index in [9.17, 15) is 14.7 Å². The first-order valence-corrected chi connectivity index (χ1v) is 14.4. The normalized spacial score (nSPS) is 32.1. The van der Waals surface area contributed by atoms with Crippen LogP contribution in [0, 0.1) is 5.41 Å². The lowest BCUT2D eigenvalue weighted by Gasteiger charge is -2.48. The quantitative estimate of drug-likeness (QED) is 0.223. The molecule has 1 spiro atoms. The molecule has 1 saturated carbocycles. The van der Waals surface area contributed by atoms with E-state index < -0.39 is 47.6 Å². The summed E-state index contributed by atoms with van der Waals surface area (Å²) in [6, 6.07) is 14.7. The molecular formula is C31H34N2O9. The molecule has 222 valence electrons. The number of rotatable bonds is 9. The first kappa shape index (κ1) is 27.5. The van der Waals surface area contributed by atoms with Gasteiger partial charge in [0.2, 0.25) is 5.91 Å². The van der Waals surface area contributed by atoms with Crippen molar-refractivity contribution in [2.24, 2.45) is 5.41 Å². The van der Waals surface area contributed by atoms with Crippen LogP contribution >= 0.6 is 0 Å². The third kappa shape index (κ3) is 4.43. The highest BCUT2D eigenvalue weighted by molar-refractivity contribution is 5.93. The first-order valence-electron chi connectivity index (χ1n) is 14.4. The van der Waals surface area contributed by atoms with Crippen molar-refractivity contribution in [2.75, 3.05) is 26.4 Å². The smallest absolute Gasteiger partial charge is 0.327 e. The molecule has 7 rings (SSSR count). The molecule has 42 heavy (non-hydrogen) atoms. The van der Waals surface area contributed by atoms with Gasteiger partial charge in [-0.05, 0) is 28.3 Å². The number of carbonyl (C=O) groups is 2. The predicted octanol–water partition coefficient (Wildman–Crippen LogP) is 0.854. The maximum absolute atomic E-state index is 13.9. The number of fused-ring (bicyclic) bond motifs is 5. The van der Waals surface area contributed by atoms with Crippen LogP contribution in [0.4, 0.5) is 0 Å². The summed E-state index contributed by atoms with van der Waals surface area (Å²) in [4.78, 5) is 34.1. The average molecular weight is 579 g/mol. The molecule has 3 saturated heterocycles. The Labute approximate surface area is 242 Å². The van der Waals surface area contributed by atoms with Crippen LogP contribution in [0.1, 0.15) is 28.7 Å². The second-order valence-corrected chi connectivity index (χ2v) is 11.5. The highest BCUT2D eigenvalue weighted by Gasteiger charge is 2.76. The monoisotopic (exact) mass is 578 g/mol. The fourth-order valence-corrected chi connectivity index (χ4v) is 7.26. The van der Waals surface area contributed by atoms with Gasteiger partial charge in [-0.3, -0.25) is 14.4 Å². The number of aliphatic hydroxyl groups is 2. The molecule has 2 aromatic rings. The molecule has 2 bridgehead atoms. The summed E-state index contributed by atoms with van der Waals surface area (Å²) in [5.74, 6) is -1.81. The van der Waals surface area contributed by atoms with Gasteiger partial charge in [0.05, 0.1) is 26.0 Å². The van der Waals surface area contributed by atoms with Crippen LogP contribution in [0.25, 0.3) is 6.08 Å². The zero-order chi connectivity index (χ0) is 28.9. The number of benzene rings is 2. The number of hydroxylamine groups is 2. The number of aliphatic hydroxyl groups excluding tert-OH is 2. The Kier molecular flexibility index (Phi) is 7.04. The van der Waals surface area contributed by atoms with E-state index in [0.29, 0.717) is 12.8 Å². The molecule has 0 aromatic heterocycles. The molecule has 0 radical (unpaired) electrons. The molecule has 11 heteroatoms. The fourth-order valence-electron chi connectivity index (χ4n) is 7.26. The van der Waals surface area contributed by atoms with Crippen molar-refractivity contribution >= 4 is 18.0 Å². The van der Waals surface area contributed by atoms with Crippen molar-refractivity contribution in [2.45, 2.75) is 62.1 Å². The second kappa shape index (κ2) is 10.7. The van der Waals surface area contributed by atoms with Gasteiger partial charge in [0.15, 0.2) is 11.8 Å². The van der Waals surface area contributed by atoms with Crippen LogP contribution in [0.15, 0.2) is 54.8 Å². The lowest BCUT2D eigenvalue weighted by atomic mass is 9.62. The van der Waals surface area contributed by atoms with Gasteiger partial charge in [-0.2, -0.15) is 5.06 Å². The largest absolute Gasteiger partial charge is 0.499 e. The minimum Gasteiger partial charge on any atom is -0.499 e. The Hall–Kier alpha value is -3.32.